The van der Waals surface area contributed by atoms with Crippen molar-refractivity contribution in [1.82, 2.24) is 19.7 Å². The van der Waals surface area contributed by atoms with Gasteiger partial charge in [0.05, 0.1) is 11.7 Å². The Balaban J connectivity index is 2.29. The first-order valence-corrected chi connectivity index (χ1v) is 5.63. The Hall–Kier alpha value is -3.25. The first kappa shape index (κ1) is 11.8. The molecular formula is C12H7N7O. The number of benzene rings is 1. The number of carbonyl (C=O) groups excluding carboxylic acids is 1. The molecule has 3 aromatic rings. The highest BCUT2D eigenvalue weighted by Crippen LogP contribution is 2.23. The van der Waals surface area contributed by atoms with Crippen LogP contribution in [-0.2, 0) is 0 Å². The average Bonchev–Trinajstić information content (AvgIpc) is 2.91. The van der Waals surface area contributed by atoms with Crippen molar-refractivity contribution in [1.29, 1.82) is 0 Å². The molecule has 0 unspecified atom stereocenters. The third kappa shape index (κ3) is 1.86. The lowest BCUT2D eigenvalue weighted by molar-refractivity contribution is 0.112. The molecule has 2 aromatic heterocycles. The van der Waals surface area contributed by atoms with Gasteiger partial charge in [0, 0.05) is 28.3 Å². The van der Waals surface area contributed by atoms with E-state index in [1.807, 2.05) is 0 Å². The van der Waals surface area contributed by atoms with E-state index in [2.05, 4.69) is 25.1 Å². The van der Waals surface area contributed by atoms with E-state index in [-0.39, 0.29) is 5.82 Å². The summed E-state index contributed by atoms with van der Waals surface area (Å²) < 4.78 is 1.49. The summed E-state index contributed by atoms with van der Waals surface area (Å²) in [7, 11) is 0. The molecule has 0 bridgehead atoms. The van der Waals surface area contributed by atoms with Gasteiger partial charge in [0.15, 0.2) is 11.6 Å². The highest BCUT2D eigenvalue weighted by atomic mass is 16.1. The van der Waals surface area contributed by atoms with Crippen LogP contribution in [0.1, 0.15) is 10.4 Å². The van der Waals surface area contributed by atoms with Crippen molar-refractivity contribution in [3.05, 3.63) is 52.8 Å². The summed E-state index contributed by atoms with van der Waals surface area (Å²) >= 11 is 0. The summed E-state index contributed by atoms with van der Waals surface area (Å²) in [6.07, 6.45) is 5.29. The molecule has 2 heterocycles. The zero-order valence-electron chi connectivity index (χ0n) is 10.1. The van der Waals surface area contributed by atoms with Gasteiger partial charge in [0.2, 0.25) is 0 Å². The maximum Gasteiger partial charge on any atom is 0.182 e. The van der Waals surface area contributed by atoms with Gasteiger partial charge in [-0.1, -0.05) is 12.1 Å². The molecule has 0 radical (unpaired) electrons. The van der Waals surface area contributed by atoms with Crippen LogP contribution in [0.5, 0.6) is 0 Å². The van der Waals surface area contributed by atoms with E-state index in [1.54, 1.807) is 24.4 Å². The minimum atomic E-state index is 0.122. The van der Waals surface area contributed by atoms with Gasteiger partial charge < -0.3 is 0 Å². The number of carbonyl (C=O) groups is 1. The predicted molar refractivity (Wildman–Crippen MR) is 70.9 cm³/mol. The van der Waals surface area contributed by atoms with Gasteiger partial charge in [0.25, 0.3) is 0 Å². The smallest absolute Gasteiger partial charge is 0.182 e. The first-order chi connectivity index (χ1) is 9.83. The number of hydrogen-bond donors (Lipinski definition) is 0. The fourth-order valence-electron chi connectivity index (χ4n) is 1.86. The molecule has 8 nitrogen and oxygen atoms in total. The second-order valence-electron chi connectivity index (χ2n) is 3.89. The molecule has 3 rings (SSSR count). The molecule has 1 aromatic carbocycles. The van der Waals surface area contributed by atoms with Gasteiger partial charge in [-0.05, 0) is 16.7 Å². The molecule has 0 atom stereocenters. The fraction of sp³-hybridized carbons (Fsp3) is 0. The lowest BCUT2D eigenvalue weighted by Gasteiger charge is -2.04. The molecule has 0 spiro atoms. The summed E-state index contributed by atoms with van der Waals surface area (Å²) in [4.78, 5) is 21.7. The van der Waals surface area contributed by atoms with Crippen molar-refractivity contribution < 1.29 is 4.79 Å². The fourth-order valence-corrected chi connectivity index (χ4v) is 1.86. The van der Waals surface area contributed by atoms with Crippen LogP contribution in [0, 0.1) is 0 Å². The number of aromatic nitrogens is 4. The lowest BCUT2D eigenvalue weighted by atomic mass is 10.2. The number of nitrogens with zero attached hydrogens (tertiary/aromatic N) is 7. The Kier molecular flexibility index (Phi) is 2.83. The molecule has 96 valence electrons. The largest absolute Gasteiger partial charge is 0.298 e. The SMILES string of the molecule is [N-]=[N+]=Nc1nccnc1-n1ncc2ccc(C=O)cc21. The minimum absolute atomic E-state index is 0.122. The Morgan fingerprint density at radius 3 is 2.95 bits per heavy atom. The van der Waals surface area contributed by atoms with E-state index >= 15 is 0 Å². The van der Waals surface area contributed by atoms with Crippen LogP contribution in [0.4, 0.5) is 5.82 Å². The number of rotatable bonds is 3. The quantitative estimate of drug-likeness (QED) is 0.313. The maximum atomic E-state index is 10.9. The molecule has 20 heavy (non-hydrogen) atoms. The molecule has 8 heteroatoms. The van der Waals surface area contributed by atoms with Crippen molar-refractivity contribution in [2.75, 3.05) is 0 Å². The van der Waals surface area contributed by atoms with Crippen molar-refractivity contribution >= 4 is 23.0 Å². The highest BCUT2D eigenvalue weighted by molar-refractivity contribution is 5.87. The minimum Gasteiger partial charge on any atom is -0.298 e. The van der Waals surface area contributed by atoms with E-state index in [9.17, 15) is 4.79 Å². The number of azide groups is 1. The summed E-state index contributed by atoms with van der Waals surface area (Å²) in [5.74, 6) is 0.430. The van der Waals surface area contributed by atoms with Gasteiger partial charge in [-0.15, -0.1) is 0 Å². The van der Waals surface area contributed by atoms with Crippen LogP contribution in [0.3, 0.4) is 0 Å². The van der Waals surface area contributed by atoms with E-state index in [1.165, 1.54) is 17.1 Å². The Morgan fingerprint density at radius 2 is 2.15 bits per heavy atom. The van der Waals surface area contributed by atoms with Crippen molar-refractivity contribution in [3.63, 3.8) is 0 Å². The van der Waals surface area contributed by atoms with E-state index in [4.69, 9.17) is 5.53 Å². The molecule has 0 amide bonds. The average molecular weight is 265 g/mol. The van der Waals surface area contributed by atoms with Gasteiger partial charge in [-0.2, -0.15) is 5.10 Å². The van der Waals surface area contributed by atoms with Crippen LogP contribution in [0.25, 0.3) is 27.2 Å². The molecule has 0 N–H and O–H groups in total. The zero-order valence-corrected chi connectivity index (χ0v) is 10.1. The molecule has 0 aliphatic heterocycles. The van der Waals surface area contributed by atoms with Crippen molar-refractivity contribution in [3.8, 4) is 5.82 Å². The normalized spacial score (nSPS) is 10.2. The van der Waals surface area contributed by atoms with Gasteiger partial charge >= 0.3 is 0 Å². The first-order valence-electron chi connectivity index (χ1n) is 5.63. The molecule has 0 aliphatic rings. The van der Waals surface area contributed by atoms with Crippen LogP contribution < -0.4 is 0 Å². The summed E-state index contributed by atoms with van der Waals surface area (Å²) in [6.45, 7) is 0. The molecule has 0 fully saturated rings. The van der Waals surface area contributed by atoms with Crippen LogP contribution >= 0.6 is 0 Å². The molecule has 0 saturated heterocycles. The molecule has 0 aliphatic carbocycles. The number of fused-ring (bicyclic) bond motifs is 1. The van der Waals surface area contributed by atoms with Gasteiger partial charge in [-0.25, -0.2) is 14.6 Å². The molecular weight excluding hydrogens is 258 g/mol. The van der Waals surface area contributed by atoms with E-state index < -0.39 is 0 Å². The van der Waals surface area contributed by atoms with Crippen LogP contribution in [0.15, 0.2) is 41.9 Å². The maximum absolute atomic E-state index is 10.9. The third-order valence-corrected chi connectivity index (χ3v) is 2.73. The summed E-state index contributed by atoms with van der Waals surface area (Å²) in [6, 6.07) is 5.17. The van der Waals surface area contributed by atoms with Crippen LogP contribution in [-0.4, -0.2) is 26.0 Å². The third-order valence-electron chi connectivity index (χ3n) is 2.73. The number of hydrogen-bond acceptors (Lipinski definition) is 5. The molecule has 0 saturated carbocycles. The van der Waals surface area contributed by atoms with Crippen LogP contribution in [0.2, 0.25) is 0 Å². The zero-order chi connectivity index (χ0) is 13.9. The van der Waals surface area contributed by atoms with Gasteiger partial charge in [-0.3, -0.25) is 4.79 Å². The predicted octanol–water partition coefficient (Wildman–Crippen LogP) is 2.57. The highest BCUT2D eigenvalue weighted by Gasteiger charge is 2.11. The van der Waals surface area contributed by atoms with E-state index in [0.717, 1.165) is 11.7 Å². The monoisotopic (exact) mass is 265 g/mol. The van der Waals surface area contributed by atoms with Gasteiger partial charge in [0.1, 0.15) is 6.29 Å². The summed E-state index contributed by atoms with van der Waals surface area (Å²) in [5.41, 5.74) is 9.76. The second-order valence-corrected chi connectivity index (χ2v) is 3.89. The van der Waals surface area contributed by atoms with Crippen molar-refractivity contribution in [2.24, 2.45) is 5.11 Å². The Labute approximate surface area is 112 Å². The Morgan fingerprint density at radius 1 is 1.30 bits per heavy atom. The van der Waals surface area contributed by atoms with Crippen molar-refractivity contribution in [2.45, 2.75) is 0 Å². The topological polar surface area (TPSA) is 109 Å². The second kappa shape index (κ2) is 4.79. The summed E-state index contributed by atoms with van der Waals surface area (Å²) in [5, 5.41) is 8.53. The van der Waals surface area contributed by atoms with E-state index in [0.29, 0.717) is 16.9 Å². The standard InChI is InChI=1S/C12H7N7O/c13-18-17-11-12(15-4-3-14-11)19-10-5-8(7-20)1-2-9(10)6-16-19/h1-7H. The lowest BCUT2D eigenvalue weighted by Crippen LogP contribution is -2.00. The number of aldehydes is 1. The Bertz CT molecular complexity index is 848.